The molecule has 0 atom stereocenters. The highest BCUT2D eigenvalue weighted by molar-refractivity contribution is 7.48. The molecule has 17 heavy (non-hydrogen) atoms. The summed E-state index contributed by atoms with van der Waals surface area (Å²) < 4.78 is 27.1. The van der Waals surface area contributed by atoms with E-state index in [0.717, 1.165) is 0 Å². The Bertz CT molecular complexity index is 349. The summed E-state index contributed by atoms with van der Waals surface area (Å²) in [6, 6.07) is 8.68. The van der Waals surface area contributed by atoms with E-state index in [9.17, 15) is 4.57 Å². The van der Waals surface area contributed by atoms with E-state index >= 15 is 0 Å². The molecule has 0 aliphatic heterocycles. The summed E-state index contributed by atoms with van der Waals surface area (Å²) in [6.07, 6.45) is 0. The van der Waals surface area contributed by atoms with Crippen molar-refractivity contribution in [2.24, 2.45) is 0 Å². The molecule has 0 radical (unpaired) electrons. The fourth-order valence-corrected chi connectivity index (χ4v) is 2.02. The van der Waals surface area contributed by atoms with Crippen LogP contribution in [-0.4, -0.2) is 13.1 Å². The molecule has 0 unspecified atom stereocenters. The van der Waals surface area contributed by atoms with E-state index in [1.165, 1.54) is 0 Å². The number of benzene rings is 1. The highest BCUT2D eigenvalue weighted by atomic mass is 31.2. The molecule has 1 aromatic carbocycles. The molecule has 1 aromatic rings. The summed E-state index contributed by atoms with van der Waals surface area (Å²) in [6.45, 7) is 4.58. The van der Waals surface area contributed by atoms with E-state index in [1.807, 2.05) is 6.07 Å². The first-order chi connectivity index (χ1) is 8.20. The van der Waals surface area contributed by atoms with Crippen LogP contribution in [0.2, 0.25) is 0 Å². The quantitative estimate of drug-likeness (QED) is 0.552. The van der Waals surface area contributed by atoms with Gasteiger partial charge < -0.3 is 4.52 Å². The van der Waals surface area contributed by atoms with Gasteiger partial charge in [-0.25, -0.2) is 4.57 Å². The molecule has 0 amide bonds. The number of nitrogens with one attached hydrogen (secondary N) is 2. The van der Waals surface area contributed by atoms with Crippen molar-refractivity contribution >= 4 is 7.82 Å². The fraction of sp³-hybridized carbons (Fsp3) is 0.400. The molecule has 0 aliphatic rings. The van der Waals surface area contributed by atoms with Crippen LogP contribution in [0, 0.1) is 0 Å². The van der Waals surface area contributed by atoms with Gasteiger partial charge in [0.2, 0.25) is 0 Å². The third-order valence-electron chi connectivity index (χ3n) is 1.60. The molecule has 0 saturated carbocycles. The van der Waals surface area contributed by atoms with Crippen LogP contribution in [0.25, 0.3) is 0 Å². The Morgan fingerprint density at radius 2 is 1.59 bits per heavy atom. The van der Waals surface area contributed by atoms with E-state index in [2.05, 4.69) is 11.0 Å². The Morgan fingerprint density at radius 3 is 2.06 bits per heavy atom. The van der Waals surface area contributed by atoms with Crippen molar-refractivity contribution in [3.05, 3.63) is 30.3 Å². The fourth-order valence-electron chi connectivity index (χ4n) is 0.954. The van der Waals surface area contributed by atoms with Crippen LogP contribution < -0.4 is 15.5 Å². The lowest BCUT2D eigenvalue weighted by atomic mass is 10.3. The molecular weight excluding hydrogens is 243 g/mol. The van der Waals surface area contributed by atoms with Crippen molar-refractivity contribution in [2.75, 3.05) is 13.1 Å². The Labute approximate surface area is 101 Å². The molecule has 7 heteroatoms. The monoisotopic (exact) mass is 260 g/mol. The number of rotatable bonds is 8. The van der Waals surface area contributed by atoms with Crippen LogP contribution in [0.4, 0.5) is 0 Å². The Balaban J connectivity index is 2.65. The molecule has 0 aliphatic carbocycles. The molecule has 0 bridgehead atoms. The van der Waals surface area contributed by atoms with Gasteiger partial charge >= 0.3 is 7.82 Å². The molecular formula is C10H17N2O4P. The van der Waals surface area contributed by atoms with Crippen LogP contribution in [0.1, 0.15) is 13.8 Å². The maximum Gasteiger partial charge on any atom is 0.563 e. The minimum absolute atomic E-state index is 0.409. The maximum absolute atomic E-state index is 12.1. The van der Waals surface area contributed by atoms with Crippen LogP contribution >= 0.6 is 7.82 Å². The lowest BCUT2D eigenvalue weighted by Gasteiger charge is -2.17. The maximum atomic E-state index is 12.1. The average Bonchev–Trinajstić information content (AvgIpc) is 2.35. The van der Waals surface area contributed by atoms with Crippen molar-refractivity contribution in [3.63, 3.8) is 0 Å². The number of hydrogen-bond donors (Lipinski definition) is 2. The normalized spacial score (nSPS) is 11.4. The van der Waals surface area contributed by atoms with Crippen LogP contribution in [0.3, 0.4) is 0 Å². The molecule has 1 rings (SSSR count). The van der Waals surface area contributed by atoms with Crippen molar-refractivity contribution in [1.82, 2.24) is 11.0 Å². The summed E-state index contributed by atoms with van der Waals surface area (Å²) in [7, 11) is -3.70. The summed E-state index contributed by atoms with van der Waals surface area (Å²) in [4.78, 5) is 0. The molecule has 0 saturated heterocycles. The van der Waals surface area contributed by atoms with E-state index in [0.29, 0.717) is 18.8 Å². The Kier molecular flexibility index (Phi) is 6.18. The summed E-state index contributed by atoms with van der Waals surface area (Å²) in [5, 5.41) is 0. The van der Waals surface area contributed by atoms with Crippen molar-refractivity contribution in [1.29, 1.82) is 0 Å². The van der Waals surface area contributed by atoms with Gasteiger partial charge in [-0.1, -0.05) is 32.0 Å². The first-order valence-electron chi connectivity index (χ1n) is 5.37. The predicted octanol–water partition coefficient (Wildman–Crippen LogP) is 2.26. The minimum Gasteiger partial charge on any atom is -0.402 e. The van der Waals surface area contributed by atoms with Gasteiger partial charge in [0.1, 0.15) is 5.75 Å². The van der Waals surface area contributed by atoms with Crippen molar-refractivity contribution in [2.45, 2.75) is 13.8 Å². The van der Waals surface area contributed by atoms with Gasteiger partial charge in [-0.2, -0.15) is 20.2 Å². The summed E-state index contributed by atoms with van der Waals surface area (Å²) >= 11 is 0. The lowest BCUT2D eigenvalue weighted by molar-refractivity contribution is 0.0701. The standard InChI is InChI=1S/C10H17N2O4P/c1-3-11-15-17(13,16-12-4-2)14-10-8-6-5-7-9-10/h5-9,11-12H,3-4H2,1-2H3. The molecule has 0 aromatic heterocycles. The molecule has 0 heterocycles. The van der Waals surface area contributed by atoms with Gasteiger partial charge in [0.05, 0.1) is 0 Å². The Hall–Kier alpha value is -0.910. The van der Waals surface area contributed by atoms with Crippen molar-refractivity contribution < 1.29 is 18.3 Å². The van der Waals surface area contributed by atoms with Gasteiger partial charge in [-0.05, 0) is 12.1 Å². The van der Waals surface area contributed by atoms with E-state index < -0.39 is 7.82 Å². The summed E-state index contributed by atoms with van der Waals surface area (Å²) in [5.74, 6) is 0.409. The summed E-state index contributed by atoms with van der Waals surface area (Å²) in [5.41, 5.74) is 4.93. The third kappa shape index (κ3) is 5.30. The molecule has 0 fully saturated rings. The van der Waals surface area contributed by atoms with E-state index in [-0.39, 0.29) is 0 Å². The van der Waals surface area contributed by atoms with Crippen molar-refractivity contribution in [3.8, 4) is 5.75 Å². The zero-order chi connectivity index (χ0) is 12.6. The average molecular weight is 260 g/mol. The Morgan fingerprint density at radius 1 is 1.06 bits per heavy atom. The third-order valence-corrected chi connectivity index (χ3v) is 2.74. The van der Waals surface area contributed by atoms with Crippen LogP contribution in [-0.2, 0) is 13.8 Å². The van der Waals surface area contributed by atoms with Gasteiger partial charge in [0.25, 0.3) is 0 Å². The SMILES string of the molecule is CCNOP(=O)(ONCC)Oc1ccccc1. The van der Waals surface area contributed by atoms with Crippen LogP contribution in [0.5, 0.6) is 5.75 Å². The van der Waals surface area contributed by atoms with Crippen LogP contribution in [0.15, 0.2) is 30.3 Å². The highest BCUT2D eigenvalue weighted by Crippen LogP contribution is 2.47. The second kappa shape index (κ2) is 7.42. The zero-order valence-corrected chi connectivity index (χ0v) is 10.8. The number of phosphoric acid groups is 1. The first kappa shape index (κ1) is 14.2. The predicted molar refractivity (Wildman–Crippen MR) is 64.2 cm³/mol. The number of hydrogen-bond acceptors (Lipinski definition) is 6. The number of hydroxylamine groups is 2. The van der Waals surface area contributed by atoms with Gasteiger partial charge in [0, 0.05) is 13.1 Å². The zero-order valence-electron chi connectivity index (χ0n) is 9.88. The smallest absolute Gasteiger partial charge is 0.402 e. The topological polar surface area (TPSA) is 68.8 Å². The minimum atomic E-state index is -3.70. The molecule has 2 N–H and O–H groups in total. The van der Waals surface area contributed by atoms with E-state index in [1.54, 1.807) is 38.1 Å². The van der Waals surface area contributed by atoms with Gasteiger partial charge in [0.15, 0.2) is 0 Å². The molecule has 6 nitrogen and oxygen atoms in total. The second-order valence-electron chi connectivity index (χ2n) is 3.03. The number of para-hydroxylation sites is 1. The molecule has 96 valence electrons. The second-order valence-corrected chi connectivity index (χ2v) is 4.47. The first-order valence-corrected chi connectivity index (χ1v) is 6.84. The lowest BCUT2D eigenvalue weighted by Crippen LogP contribution is -2.20. The largest absolute Gasteiger partial charge is 0.563 e. The highest BCUT2D eigenvalue weighted by Gasteiger charge is 2.29. The van der Waals surface area contributed by atoms with Gasteiger partial charge in [-0.3, -0.25) is 0 Å². The molecule has 0 spiro atoms. The van der Waals surface area contributed by atoms with Gasteiger partial charge in [-0.15, -0.1) is 0 Å². The van der Waals surface area contributed by atoms with E-state index in [4.69, 9.17) is 13.8 Å².